The van der Waals surface area contributed by atoms with Crippen LogP contribution in [-0.4, -0.2) is 15.0 Å². The third-order valence-electron chi connectivity index (χ3n) is 3.15. The number of aromatic nitrogens is 1. The Hall–Kier alpha value is -2.47. The number of nitro benzene ring substituents is 1. The number of ether oxygens (including phenoxy) is 1. The molecular formula is C15H16N2O4. The van der Waals surface area contributed by atoms with Gasteiger partial charge in [0.05, 0.1) is 17.1 Å². The van der Waals surface area contributed by atoms with Crippen molar-refractivity contribution in [2.24, 2.45) is 0 Å². The summed E-state index contributed by atoms with van der Waals surface area (Å²) in [6.45, 7) is 5.13. The molecule has 0 radical (unpaired) electrons. The Morgan fingerprint density at radius 1 is 1.29 bits per heavy atom. The first-order chi connectivity index (χ1) is 9.88. The highest BCUT2D eigenvalue weighted by Crippen LogP contribution is 2.31. The molecule has 0 aliphatic rings. The van der Waals surface area contributed by atoms with E-state index in [9.17, 15) is 15.2 Å². The van der Waals surface area contributed by atoms with Crippen molar-refractivity contribution in [3.8, 4) is 11.6 Å². The zero-order chi connectivity index (χ0) is 15.6. The minimum Gasteiger partial charge on any atom is -0.438 e. The maximum atomic E-state index is 11.0. The summed E-state index contributed by atoms with van der Waals surface area (Å²) in [5.74, 6) is 0.664. The second-order valence-electron chi connectivity index (χ2n) is 4.87. The molecule has 21 heavy (non-hydrogen) atoms. The van der Waals surface area contributed by atoms with Crippen LogP contribution in [0.5, 0.6) is 11.6 Å². The van der Waals surface area contributed by atoms with Crippen LogP contribution in [0.2, 0.25) is 0 Å². The third kappa shape index (κ3) is 3.35. The van der Waals surface area contributed by atoms with E-state index in [-0.39, 0.29) is 11.6 Å². The summed E-state index contributed by atoms with van der Waals surface area (Å²) in [5, 5.41) is 20.5. The highest BCUT2D eigenvalue weighted by Gasteiger charge is 2.15. The zero-order valence-electron chi connectivity index (χ0n) is 12.0. The van der Waals surface area contributed by atoms with Crippen LogP contribution in [0.1, 0.15) is 29.7 Å². The first-order valence-corrected chi connectivity index (χ1v) is 6.46. The van der Waals surface area contributed by atoms with Crippen LogP contribution in [-0.2, 0) is 0 Å². The molecule has 2 rings (SSSR count). The predicted octanol–water partition coefficient (Wildman–Crippen LogP) is 3.45. The summed E-state index contributed by atoms with van der Waals surface area (Å²) in [7, 11) is 0. The van der Waals surface area contributed by atoms with Crippen molar-refractivity contribution in [2.45, 2.75) is 26.9 Å². The number of aliphatic hydroxyl groups is 1. The quantitative estimate of drug-likeness (QED) is 0.688. The Bertz CT molecular complexity index is 683. The molecule has 0 amide bonds. The minimum atomic E-state index is -0.635. The molecule has 0 saturated carbocycles. The summed E-state index contributed by atoms with van der Waals surface area (Å²) >= 11 is 0. The fourth-order valence-electron chi connectivity index (χ4n) is 1.98. The van der Waals surface area contributed by atoms with Crippen molar-refractivity contribution in [1.82, 2.24) is 4.98 Å². The van der Waals surface area contributed by atoms with E-state index in [2.05, 4.69) is 4.98 Å². The highest BCUT2D eigenvalue weighted by molar-refractivity contribution is 5.50. The third-order valence-corrected chi connectivity index (χ3v) is 3.15. The molecule has 0 bridgehead atoms. The van der Waals surface area contributed by atoms with Gasteiger partial charge in [-0.05, 0) is 44.0 Å². The molecule has 0 saturated heterocycles. The SMILES string of the molecule is Cc1cc(C)c([N+](=O)[O-])cc1Oc1cc(C(C)O)ccn1. The van der Waals surface area contributed by atoms with E-state index in [1.807, 2.05) is 6.92 Å². The Morgan fingerprint density at radius 2 is 2.00 bits per heavy atom. The van der Waals surface area contributed by atoms with Crippen molar-refractivity contribution < 1.29 is 14.8 Å². The van der Waals surface area contributed by atoms with Crippen LogP contribution in [0, 0.1) is 24.0 Å². The first kappa shape index (κ1) is 14.9. The van der Waals surface area contributed by atoms with E-state index < -0.39 is 11.0 Å². The monoisotopic (exact) mass is 288 g/mol. The number of aryl methyl sites for hydroxylation is 2. The van der Waals surface area contributed by atoms with Crippen LogP contribution in [0.15, 0.2) is 30.5 Å². The van der Waals surface area contributed by atoms with Gasteiger partial charge in [0.25, 0.3) is 5.69 Å². The number of benzene rings is 1. The minimum absolute atomic E-state index is 0.00211. The average molecular weight is 288 g/mol. The lowest BCUT2D eigenvalue weighted by Crippen LogP contribution is -1.97. The molecule has 1 unspecified atom stereocenters. The second-order valence-corrected chi connectivity index (χ2v) is 4.87. The molecule has 1 heterocycles. The molecule has 1 N–H and O–H groups in total. The van der Waals surface area contributed by atoms with Gasteiger partial charge >= 0.3 is 0 Å². The Kier molecular flexibility index (Phi) is 4.18. The molecule has 0 spiro atoms. The van der Waals surface area contributed by atoms with E-state index in [0.717, 1.165) is 5.56 Å². The highest BCUT2D eigenvalue weighted by atomic mass is 16.6. The van der Waals surface area contributed by atoms with Crippen LogP contribution in [0.25, 0.3) is 0 Å². The average Bonchev–Trinajstić information content (AvgIpc) is 2.41. The number of hydrogen-bond acceptors (Lipinski definition) is 5. The van der Waals surface area contributed by atoms with E-state index in [1.165, 1.54) is 12.3 Å². The lowest BCUT2D eigenvalue weighted by molar-refractivity contribution is -0.385. The van der Waals surface area contributed by atoms with E-state index in [4.69, 9.17) is 4.74 Å². The van der Waals surface area contributed by atoms with Gasteiger partial charge in [-0.15, -0.1) is 0 Å². The van der Waals surface area contributed by atoms with Crippen LogP contribution in [0.3, 0.4) is 0 Å². The van der Waals surface area contributed by atoms with Gasteiger partial charge in [0.1, 0.15) is 5.75 Å². The van der Waals surface area contributed by atoms with E-state index in [1.54, 1.807) is 32.0 Å². The molecule has 0 fully saturated rings. The summed E-state index contributed by atoms with van der Waals surface area (Å²) < 4.78 is 5.62. The van der Waals surface area contributed by atoms with Crippen molar-refractivity contribution in [1.29, 1.82) is 0 Å². The molecule has 0 aliphatic carbocycles. The molecule has 0 aliphatic heterocycles. The van der Waals surface area contributed by atoms with Gasteiger partial charge in [0, 0.05) is 17.8 Å². The number of rotatable bonds is 4. The Balaban J connectivity index is 2.37. The maximum Gasteiger partial charge on any atom is 0.276 e. The summed E-state index contributed by atoms with van der Waals surface area (Å²) in [4.78, 5) is 14.6. The maximum absolute atomic E-state index is 11.0. The van der Waals surface area contributed by atoms with Crippen molar-refractivity contribution in [2.75, 3.05) is 0 Å². The molecule has 2 aromatic rings. The topological polar surface area (TPSA) is 85.5 Å². The van der Waals surface area contributed by atoms with E-state index in [0.29, 0.717) is 16.9 Å². The van der Waals surface area contributed by atoms with Crippen LogP contribution < -0.4 is 4.74 Å². The number of hydrogen-bond donors (Lipinski definition) is 1. The van der Waals surface area contributed by atoms with Gasteiger partial charge in [0.2, 0.25) is 5.88 Å². The van der Waals surface area contributed by atoms with Crippen molar-refractivity contribution in [3.63, 3.8) is 0 Å². The molecule has 6 heteroatoms. The molecule has 110 valence electrons. The van der Waals surface area contributed by atoms with Gasteiger partial charge in [-0.2, -0.15) is 0 Å². The van der Waals surface area contributed by atoms with Crippen LogP contribution >= 0.6 is 0 Å². The predicted molar refractivity (Wildman–Crippen MR) is 77.5 cm³/mol. The summed E-state index contributed by atoms with van der Waals surface area (Å²) in [6.07, 6.45) is 0.888. The number of aliphatic hydroxyl groups excluding tert-OH is 1. The molecule has 1 atom stereocenters. The second kappa shape index (κ2) is 5.88. The Morgan fingerprint density at radius 3 is 2.62 bits per heavy atom. The van der Waals surface area contributed by atoms with Gasteiger partial charge in [0.15, 0.2) is 0 Å². The first-order valence-electron chi connectivity index (χ1n) is 6.46. The summed E-state index contributed by atoms with van der Waals surface area (Å²) in [6, 6.07) is 6.38. The van der Waals surface area contributed by atoms with Crippen LogP contribution in [0.4, 0.5) is 5.69 Å². The molecule has 6 nitrogen and oxygen atoms in total. The number of nitrogens with zero attached hydrogens (tertiary/aromatic N) is 2. The normalized spacial score (nSPS) is 12.0. The van der Waals surface area contributed by atoms with Gasteiger partial charge in [-0.1, -0.05) is 0 Å². The number of nitro groups is 1. The Labute approximate surface area is 122 Å². The molecular weight excluding hydrogens is 272 g/mol. The molecule has 1 aromatic carbocycles. The largest absolute Gasteiger partial charge is 0.438 e. The number of pyridine rings is 1. The smallest absolute Gasteiger partial charge is 0.276 e. The summed E-state index contributed by atoms with van der Waals surface area (Å²) in [5.41, 5.74) is 2.03. The van der Waals surface area contributed by atoms with Crippen molar-refractivity contribution >= 4 is 5.69 Å². The van der Waals surface area contributed by atoms with Gasteiger partial charge < -0.3 is 9.84 Å². The fraction of sp³-hybridized carbons (Fsp3) is 0.267. The van der Waals surface area contributed by atoms with Crippen molar-refractivity contribution in [3.05, 3.63) is 57.3 Å². The standard InChI is InChI=1S/C15H16N2O4/c1-9-6-10(2)14(8-13(9)17(19)20)21-15-7-12(11(3)18)4-5-16-15/h4-8,11,18H,1-3H3. The van der Waals surface area contributed by atoms with E-state index >= 15 is 0 Å². The zero-order valence-corrected chi connectivity index (χ0v) is 12.0. The lowest BCUT2D eigenvalue weighted by atomic mass is 10.1. The molecule has 1 aromatic heterocycles. The lowest BCUT2D eigenvalue weighted by Gasteiger charge is -2.11. The fourth-order valence-corrected chi connectivity index (χ4v) is 1.98. The van der Waals surface area contributed by atoms with Gasteiger partial charge in [-0.3, -0.25) is 10.1 Å². The van der Waals surface area contributed by atoms with Gasteiger partial charge in [-0.25, -0.2) is 4.98 Å².